The summed E-state index contributed by atoms with van der Waals surface area (Å²) in [7, 11) is 0. The quantitative estimate of drug-likeness (QED) is 0.770. The summed E-state index contributed by atoms with van der Waals surface area (Å²) < 4.78 is 5.81. The maximum Gasteiger partial charge on any atom is 0.235 e. The van der Waals surface area contributed by atoms with E-state index in [1.165, 1.54) is 6.42 Å². The summed E-state index contributed by atoms with van der Waals surface area (Å²) in [6, 6.07) is 0.182. The number of nitrogens with one attached hydrogen (secondary N) is 2. The van der Waals surface area contributed by atoms with Crippen LogP contribution in [0.2, 0.25) is 0 Å². The van der Waals surface area contributed by atoms with Gasteiger partial charge in [-0.2, -0.15) is 0 Å². The third kappa shape index (κ3) is 2.17. The van der Waals surface area contributed by atoms with Gasteiger partial charge in [0.05, 0.1) is 6.10 Å². The average Bonchev–Trinajstić information content (AvgIpc) is 2.38. The van der Waals surface area contributed by atoms with Crippen LogP contribution in [0.3, 0.4) is 0 Å². The Hall–Kier alpha value is -1.10. The molecule has 0 unspecified atom stereocenters. The van der Waals surface area contributed by atoms with Crippen molar-refractivity contribution >= 4 is 11.8 Å². The molecule has 5 heteroatoms. The Labute approximate surface area is 126 Å². The first-order valence-corrected chi connectivity index (χ1v) is 8.24. The van der Waals surface area contributed by atoms with E-state index in [2.05, 4.69) is 10.6 Å². The second-order valence-electron chi connectivity index (χ2n) is 6.98. The van der Waals surface area contributed by atoms with Crippen LogP contribution in [-0.4, -0.2) is 37.1 Å². The number of amides is 2. The topological polar surface area (TPSA) is 67.4 Å². The lowest BCUT2D eigenvalue weighted by atomic mass is 9.51. The van der Waals surface area contributed by atoms with Crippen LogP contribution in [0.15, 0.2) is 0 Å². The van der Waals surface area contributed by atoms with E-state index in [1.54, 1.807) is 6.92 Å². The maximum absolute atomic E-state index is 12.6. The normalized spacial score (nSPS) is 37.3. The van der Waals surface area contributed by atoms with Gasteiger partial charge in [0.15, 0.2) is 0 Å². The van der Waals surface area contributed by atoms with E-state index in [0.717, 1.165) is 32.3 Å². The van der Waals surface area contributed by atoms with Crippen LogP contribution >= 0.6 is 0 Å². The minimum absolute atomic E-state index is 0.106. The van der Waals surface area contributed by atoms with Gasteiger partial charge in [-0.1, -0.05) is 6.42 Å². The molecule has 0 aromatic carbocycles. The summed E-state index contributed by atoms with van der Waals surface area (Å²) in [4.78, 5) is 24.7. The molecule has 0 bridgehead atoms. The number of ether oxygens (including phenoxy) is 1. The molecule has 5 nitrogen and oxygen atoms in total. The molecule has 2 N–H and O–H groups in total. The molecular formula is C16H26N2O3. The highest BCUT2D eigenvalue weighted by molar-refractivity contribution is 6.05. The smallest absolute Gasteiger partial charge is 0.235 e. The predicted molar refractivity (Wildman–Crippen MR) is 78.6 cm³/mol. The molecule has 21 heavy (non-hydrogen) atoms. The van der Waals surface area contributed by atoms with Gasteiger partial charge in [-0.15, -0.1) is 0 Å². The van der Waals surface area contributed by atoms with Crippen LogP contribution in [0, 0.1) is 10.8 Å². The van der Waals surface area contributed by atoms with Crippen molar-refractivity contribution in [3.8, 4) is 0 Å². The Morgan fingerprint density at radius 1 is 1.38 bits per heavy atom. The summed E-state index contributed by atoms with van der Waals surface area (Å²) in [6.07, 6.45) is 6.16. The van der Waals surface area contributed by atoms with Crippen molar-refractivity contribution in [3.63, 3.8) is 0 Å². The summed E-state index contributed by atoms with van der Waals surface area (Å²) in [5, 5.41) is 5.97. The van der Waals surface area contributed by atoms with E-state index in [9.17, 15) is 9.59 Å². The average molecular weight is 294 g/mol. The summed E-state index contributed by atoms with van der Waals surface area (Å²) in [6.45, 7) is 5.20. The first kappa shape index (κ1) is 14.8. The van der Waals surface area contributed by atoms with Gasteiger partial charge in [-0.3, -0.25) is 9.59 Å². The molecule has 1 spiro atoms. The Morgan fingerprint density at radius 2 is 2.14 bits per heavy atom. The van der Waals surface area contributed by atoms with E-state index in [-0.39, 0.29) is 29.4 Å². The number of hydrogen-bond donors (Lipinski definition) is 2. The van der Waals surface area contributed by atoms with Crippen LogP contribution in [0.25, 0.3) is 0 Å². The van der Waals surface area contributed by atoms with Crippen LogP contribution in [-0.2, 0) is 14.3 Å². The Bertz CT molecular complexity index is 447. The molecule has 1 heterocycles. The predicted octanol–water partition coefficient (Wildman–Crippen LogP) is 1.37. The van der Waals surface area contributed by atoms with Crippen LogP contribution in [0.4, 0.5) is 0 Å². The zero-order valence-corrected chi connectivity index (χ0v) is 13.0. The Balaban J connectivity index is 1.64. The minimum Gasteiger partial charge on any atom is -0.378 e. The van der Waals surface area contributed by atoms with Crippen LogP contribution < -0.4 is 10.6 Å². The second kappa shape index (κ2) is 5.27. The van der Waals surface area contributed by atoms with Gasteiger partial charge in [0.25, 0.3) is 0 Å². The van der Waals surface area contributed by atoms with Crippen molar-refractivity contribution < 1.29 is 14.3 Å². The van der Waals surface area contributed by atoms with Crippen molar-refractivity contribution in [2.24, 2.45) is 10.8 Å². The lowest BCUT2D eigenvalue weighted by Crippen LogP contribution is -2.69. The van der Waals surface area contributed by atoms with Gasteiger partial charge >= 0.3 is 0 Å². The van der Waals surface area contributed by atoms with E-state index >= 15 is 0 Å². The van der Waals surface area contributed by atoms with Crippen molar-refractivity contribution in [1.82, 2.24) is 10.6 Å². The molecule has 2 saturated carbocycles. The zero-order chi connectivity index (χ0) is 15.1. The minimum atomic E-state index is -0.903. The monoisotopic (exact) mass is 294 g/mol. The Morgan fingerprint density at radius 3 is 2.71 bits per heavy atom. The van der Waals surface area contributed by atoms with Crippen LogP contribution in [0.5, 0.6) is 0 Å². The molecule has 2 amide bonds. The fraction of sp³-hybridized carbons (Fsp3) is 0.875. The number of carbonyl (C=O) groups is 2. The molecule has 3 fully saturated rings. The highest BCUT2D eigenvalue weighted by atomic mass is 16.5. The van der Waals surface area contributed by atoms with E-state index in [4.69, 9.17) is 4.74 Å². The van der Waals surface area contributed by atoms with Crippen molar-refractivity contribution in [2.75, 3.05) is 13.2 Å². The van der Waals surface area contributed by atoms with E-state index < -0.39 is 5.41 Å². The molecule has 1 saturated heterocycles. The van der Waals surface area contributed by atoms with E-state index in [1.807, 2.05) is 6.92 Å². The number of piperidine rings is 1. The molecule has 0 aromatic heterocycles. The second-order valence-corrected chi connectivity index (χ2v) is 6.98. The molecule has 3 atom stereocenters. The highest BCUT2D eigenvalue weighted by Crippen LogP contribution is 2.57. The molecular weight excluding hydrogens is 268 g/mol. The summed E-state index contributed by atoms with van der Waals surface area (Å²) >= 11 is 0. The molecule has 1 aliphatic heterocycles. The molecule has 3 aliphatic rings. The molecule has 0 aromatic rings. The number of carbonyl (C=O) groups excluding carboxylic acids is 2. The van der Waals surface area contributed by atoms with Crippen molar-refractivity contribution in [2.45, 2.75) is 64.5 Å². The lowest BCUT2D eigenvalue weighted by Gasteiger charge is -2.61. The van der Waals surface area contributed by atoms with Gasteiger partial charge in [0, 0.05) is 24.6 Å². The third-order valence-electron chi connectivity index (χ3n) is 5.88. The fourth-order valence-electron chi connectivity index (χ4n) is 4.13. The first-order chi connectivity index (χ1) is 10.0. The van der Waals surface area contributed by atoms with Gasteiger partial charge in [-0.05, 0) is 46.0 Å². The van der Waals surface area contributed by atoms with E-state index in [0.29, 0.717) is 13.0 Å². The van der Waals surface area contributed by atoms with Gasteiger partial charge < -0.3 is 15.4 Å². The van der Waals surface area contributed by atoms with Crippen LogP contribution in [0.1, 0.15) is 52.4 Å². The maximum atomic E-state index is 12.6. The number of hydrogen-bond acceptors (Lipinski definition) is 3. The summed E-state index contributed by atoms with van der Waals surface area (Å²) in [5.41, 5.74) is -0.757. The van der Waals surface area contributed by atoms with Crippen molar-refractivity contribution in [1.29, 1.82) is 0 Å². The first-order valence-electron chi connectivity index (χ1n) is 8.24. The molecule has 2 aliphatic carbocycles. The Kier molecular flexibility index (Phi) is 3.72. The van der Waals surface area contributed by atoms with Gasteiger partial charge in [0.2, 0.25) is 11.8 Å². The third-order valence-corrected chi connectivity index (χ3v) is 5.88. The highest BCUT2D eigenvalue weighted by Gasteiger charge is 2.60. The zero-order valence-electron chi connectivity index (χ0n) is 13.0. The lowest BCUT2D eigenvalue weighted by molar-refractivity contribution is -0.178. The van der Waals surface area contributed by atoms with Gasteiger partial charge in [0.1, 0.15) is 5.41 Å². The van der Waals surface area contributed by atoms with Crippen molar-refractivity contribution in [3.05, 3.63) is 0 Å². The molecule has 0 radical (unpaired) electrons. The largest absolute Gasteiger partial charge is 0.378 e. The standard InChI is InChI=1S/C16H26N2O3/c1-3-21-12-10-11(16(12)7-4-8-16)18-14(20)15(2)6-5-9-17-13(15)19/h11-12H,3-10H2,1-2H3,(H,17,19)(H,18,20)/t11-,12+,15-/m0/s1. The summed E-state index contributed by atoms with van der Waals surface area (Å²) in [5.74, 6) is -0.236. The molecule has 3 rings (SSSR count). The fourth-order valence-corrected chi connectivity index (χ4v) is 4.13. The van der Waals surface area contributed by atoms with Gasteiger partial charge in [-0.25, -0.2) is 0 Å². The SMILES string of the molecule is CCO[C@@H]1C[C@H](NC(=O)[C@@]2(C)CCCNC2=O)C12CCC2. The number of rotatable bonds is 4. The molecule has 118 valence electrons.